The van der Waals surface area contributed by atoms with Crippen molar-refractivity contribution in [3.8, 4) is 0 Å². The maximum Gasteiger partial charge on any atom is 0.469 e. The molecule has 0 bridgehead atoms. The molecule has 0 saturated carbocycles. The first-order valence-electron chi connectivity index (χ1n) is 7.53. The summed E-state index contributed by atoms with van der Waals surface area (Å²) in [5.74, 6) is 0. The van der Waals surface area contributed by atoms with Gasteiger partial charge < -0.3 is 24.7 Å². The summed E-state index contributed by atoms with van der Waals surface area (Å²) >= 11 is 0. The molecule has 7 nitrogen and oxygen atoms in total. The van der Waals surface area contributed by atoms with E-state index in [4.69, 9.17) is 14.5 Å². The highest BCUT2D eigenvalue weighted by Gasteiger charge is 2.17. The lowest BCUT2D eigenvalue weighted by Crippen LogP contribution is -2.25. The van der Waals surface area contributed by atoms with Crippen molar-refractivity contribution < 1.29 is 33.8 Å². The van der Waals surface area contributed by atoms with Crippen LogP contribution in [0.5, 0.6) is 0 Å². The van der Waals surface area contributed by atoms with Crippen molar-refractivity contribution in [3.63, 3.8) is 0 Å². The van der Waals surface area contributed by atoms with Crippen LogP contribution in [0, 0.1) is 0 Å². The molecule has 0 saturated heterocycles. The standard InChI is InChI=1S/C13H29O7P/c1-2-3-4-5-6-7-8-9-13(15)19-10-12(14)11-20-21(16,17)18/h12-15H,2-11H2,1H3,(H2,16,17,18)/t12-,13?/m1/s1. The Morgan fingerprint density at radius 2 is 1.52 bits per heavy atom. The average Bonchev–Trinajstić information content (AvgIpc) is 2.41. The van der Waals surface area contributed by atoms with Gasteiger partial charge >= 0.3 is 7.82 Å². The number of phosphoric acid groups is 1. The van der Waals surface area contributed by atoms with Gasteiger partial charge in [0.1, 0.15) is 6.10 Å². The summed E-state index contributed by atoms with van der Waals surface area (Å²) < 4.78 is 19.5. The van der Waals surface area contributed by atoms with Gasteiger partial charge in [-0.1, -0.05) is 45.4 Å². The largest absolute Gasteiger partial charge is 0.469 e. The minimum atomic E-state index is -4.58. The van der Waals surface area contributed by atoms with Crippen LogP contribution in [0.1, 0.15) is 58.3 Å². The van der Waals surface area contributed by atoms with Crippen molar-refractivity contribution in [2.45, 2.75) is 70.7 Å². The van der Waals surface area contributed by atoms with Gasteiger partial charge in [-0.25, -0.2) is 4.57 Å². The second-order valence-electron chi connectivity index (χ2n) is 5.14. The molecular weight excluding hydrogens is 299 g/mol. The highest BCUT2D eigenvalue weighted by atomic mass is 31.2. The van der Waals surface area contributed by atoms with Gasteiger partial charge in [0.05, 0.1) is 13.2 Å². The molecule has 21 heavy (non-hydrogen) atoms. The van der Waals surface area contributed by atoms with Gasteiger partial charge in [0.15, 0.2) is 6.29 Å². The first kappa shape index (κ1) is 21.0. The van der Waals surface area contributed by atoms with Crippen molar-refractivity contribution in [2.24, 2.45) is 0 Å². The zero-order valence-corrected chi connectivity index (χ0v) is 13.6. The molecule has 0 radical (unpaired) electrons. The number of aliphatic hydroxyl groups is 2. The number of aliphatic hydroxyl groups excluding tert-OH is 2. The average molecular weight is 328 g/mol. The number of hydrogen-bond acceptors (Lipinski definition) is 5. The van der Waals surface area contributed by atoms with E-state index < -0.39 is 26.8 Å². The molecule has 0 spiro atoms. The van der Waals surface area contributed by atoms with Gasteiger partial charge in [0.2, 0.25) is 0 Å². The van der Waals surface area contributed by atoms with Crippen LogP contribution in [0.4, 0.5) is 0 Å². The van der Waals surface area contributed by atoms with Gasteiger partial charge in [0.25, 0.3) is 0 Å². The lowest BCUT2D eigenvalue weighted by Gasteiger charge is -2.15. The van der Waals surface area contributed by atoms with E-state index in [0.29, 0.717) is 6.42 Å². The van der Waals surface area contributed by atoms with Crippen molar-refractivity contribution in [3.05, 3.63) is 0 Å². The Hall–Kier alpha value is -0.0100. The number of unbranched alkanes of at least 4 members (excludes halogenated alkanes) is 6. The summed E-state index contributed by atoms with van der Waals surface area (Å²) in [6.45, 7) is 1.42. The third kappa shape index (κ3) is 16.2. The predicted molar refractivity (Wildman–Crippen MR) is 78.6 cm³/mol. The molecule has 0 aliphatic rings. The lowest BCUT2D eigenvalue weighted by atomic mass is 10.1. The van der Waals surface area contributed by atoms with Crippen LogP contribution in [0.3, 0.4) is 0 Å². The third-order valence-corrected chi connectivity index (χ3v) is 3.46. The van der Waals surface area contributed by atoms with Gasteiger partial charge in [-0.05, 0) is 12.8 Å². The molecule has 0 aromatic rings. The molecule has 1 unspecified atom stereocenters. The highest BCUT2D eigenvalue weighted by molar-refractivity contribution is 7.46. The van der Waals surface area contributed by atoms with E-state index in [1.165, 1.54) is 25.7 Å². The Labute approximate surface area is 126 Å². The van der Waals surface area contributed by atoms with E-state index in [0.717, 1.165) is 19.3 Å². The highest BCUT2D eigenvalue weighted by Crippen LogP contribution is 2.35. The quantitative estimate of drug-likeness (QED) is 0.219. The fourth-order valence-electron chi connectivity index (χ4n) is 1.81. The van der Waals surface area contributed by atoms with Crippen molar-refractivity contribution in [1.29, 1.82) is 0 Å². The van der Waals surface area contributed by atoms with E-state index in [-0.39, 0.29) is 6.61 Å². The fourth-order valence-corrected chi connectivity index (χ4v) is 2.18. The van der Waals surface area contributed by atoms with E-state index >= 15 is 0 Å². The van der Waals surface area contributed by atoms with E-state index in [9.17, 15) is 14.8 Å². The second kappa shape index (κ2) is 12.5. The van der Waals surface area contributed by atoms with Crippen molar-refractivity contribution >= 4 is 7.82 Å². The molecule has 0 amide bonds. The number of ether oxygens (including phenoxy) is 1. The van der Waals surface area contributed by atoms with Gasteiger partial charge in [-0.3, -0.25) is 4.52 Å². The first-order valence-corrected chi connectivity index (χ1v) is 9.06. The lowest BCUT2D eigenvalue weighted by molar-refractivity contribution is -0.129. The number of hydrogen-bond donors (Lipinski definition) is 4. The first-order chi connectivity index (χ1) is 9.85. The normalized spacial score (nSPS) is 15.1. The van der Waals surface area contributed by atoms with Crippen LogP contribution >= 0.6 is 7.82 Å². The summed E-state index contributed by atoms with van der Waals surface area (Å²) in [5.41, 5.74) is 0. The zero-order valence-electron chi connectivity index (χ0n) is 12.7. The minimum Gasteiger partial charge on any atom is -0.388 e. The molecule has 0 heterocycles. The van der Waals surface area contributed by atoms with Crippen LogP contribution in [0.2, 0.25) is 0 Å². The third-order valence-electron chi connectivity index (χ3n) is 2.97. The van der Waals surface area contributed by atoms with E-state index in [2.05, 4.69) is 11.4 Å². The van der Waals surface area contributed by atoms with Crippen LogP contribution < -0.4 is 0 Å². The molecular formula is C13H29O7P. The van der Waals surface area contributed by atoms with Crippen LogP contribution in [0.25, 0.3) is 0 Å². The Morgan fingerprint density at radius 1 is 0.952 bits per heavy atom. The molecule has 2 atom stereocenters. The van der Waals surface area contributed by atoms with Gasteiger partial charge in [-0.2, -0.15) is 0 Å². The van der Waals surface area contributed by atoms with Crippen LogP contribution in [0.15, 0.2) is 0 Å². The molecule has 0 rings (SSSR count). The van der Waals surface area contributed by atoms with Gasteiger partial charge in [0, 0.05) is 0 Å². The van der Waals surface area contributed by atoms with E-state index in [1.54, 1.807) is 0 Å². The van der Waals surface area contributed by atoms with Crippen LogP contribution in [-0.2, 0) is 13.8 Å². The molecule has 0 aromatic heterocycles. The van der Waals surface area contributed by atoms with Crippen molar-refractivity contribution in [2.75, 3.05) is 13.2 Å². The van der Waals surface area contributed by atoms with Crippen molar-refractivity contribution in [1.82, 2.24) is 0 Å². The van der Waals surface area contributed by atoms with E-state index in [1.807, 2.05) is 0 Å². The van der Waals surface area contributed by atoms with Crippen LogP contribution in [-0.4, -0.2) is 45.6 Å². The molecule has 0 aliphatic heterocycles. The maximum absolute atomic E-state index is 10.4. The maximum atomic E-state index is 10.4. The monoisotopic (exact) mass is 328 g/mol. The smallest absolute Gasteiger partial charge is 0.388 e. The minimum absolute atomic E-state index is 0.225. The summed E-state index contributed by atoms with van der Waals surface area (Å²) in [6, 6.07) is 0. The summed E-state index contributed by atoms with van der Waals surface area (Å²) in [4.78, 5) is 16.9. The Kier molecular flexibility index (Phi) is 12.5. The molecule has 0 fully saturated rings. The predicted octanol–water partition coefficient (Wildman–Crippen LogP) is 1.93. The molecule has 128 valence electrons. The second-order valence-corrected chi connectivity index (χ2v) is 6.38. The molecule has 0 aromatic carbocycles. The fraction of sp³-hybridized carbons (Fsp3) is 1.00. The Balaban J connectivity index is 3.44. The molecule has 0 aliphatic carbocycles. The van der Waals surface area contributed by atoms with Gasteiger partial charge in [-0.15, -0.1) is 0 Å². The molecule has 4 N–H and O–H groups in total. The SMILES string of the molecule is CCCCCCCCCC(O)OC[C@@H](O)COP(=O)(O)O. The topological polar surface area (TPSA) is 116 Å². The summed E-state index contributed by atoms with van der Waals surface area (Å²) in [6.07, 6.45) is 6.32. The number of phosphoric ester groups is 1. The summed E-state index contributed by atoms with van der Waals surface area (Å²) in [5, 5.41) is 18.9. The molecule has 8 heteroatoms. The summed E-state index contributed by atoms with van der Waals surface area (Å²) in [7, 11) is -4.58. The number of rotatable bonds is 14. The Morgan fingerprint density at radius 3 is 2.10 bits per heavy atom. The Bertz CT molecular complexity index is 282. The zero-order chi connectivity index (χ0) is 16.1.